The molecule has 0 saturated carbocycles. The molecule has 0 N–H and O–H groups in total. The normalized spacial score (nSPS) is 11.1. The molecule has 160 valence electrons. The monoisotopic (exact) mass is 428 g/mol. The van der Waals surface area contributed by atoms with E-state index in [0.717, 1.165) is 0 Å². The van der Waals surface area contributed by atoms with Crippen molar-refractivity contribution in [3.05, 3.63) is 48.5 Å². The molecule has 2 aromatic carbocycles. The van der Waals surface area contributed by atoms with Crippen LogP contribution >= 0.6 is 23.5 Å². The summed E-state index contributed by atoms with van der Waals surface area (Å²) in [6.45, 7) is 4.56. The van der Waals surface area contributed by atoms with E-state index in [1.165, 1.54) is 103 Å². The Morgan fingerprint density at radius 3 is 1.17 bits per heavy atom. The smallest absolute Gasteiger partial charge is 0.00723 e. The molecule has 0 unspecified atom stereocenters. The fourth-order valence-corrected chi connectivity index (χ4v) is 5.28. The summed E-state index contributed by atoms with van der Waals surface area (Å²) in [7, 11) is 0. The van der Waals surface area contributed by atoms with Crippen molar-refractivity contribution in [3.8, 4) is 11.1 Å². The highest BCUT2D eigenvalue weighted by atomic mass is 32.2. The maximum Gasteiger partial charge on any atom is 0.00723 e. The van der Waals surface area contributed by atoms with Gasteiger partial charge in [0.1, 0.15) is 0 Å². The van der Waals surface area contributed by atoms with Crippen LogP contribution in [-0.2, 0) is 0 Å². The predicted molar refractivity (Wildman–Crippen MR) is 135 cm³/mol. The van der Waals surface area contributed by atoms with Crippen molar-refractivity contribution in [1.29, 1.82) is 0 Å². The van der Waals surface area contributed by atoms with Gasteiger partial charge in [-0.1, -0.05) is 95.9 Å². The van der Waals surface area contributed by atoms with E-state index in [2.05, 4.69) is 62.4 Å². The van der Waals surface area contributed by atoms with Crippen LogP contribution in [0.1, 0.15) is 84.5 Å². The fourth-order valence-electron chi connectivity index (χ4n) is 3.46. The standard InChI is InChI=1S/C27H40S2/c1-3-5-7-9-11-13-23-29-27-20-16-25(17-21-27)24-14-18-26(19-15-24)28-22-12-10-8-6-4-2/h14-21H,3-13,22-23H2,1-2H3. The van der Waals surface area contributed by atoms with Gasteiger partial charge >= 0.3 is 0 Å². The lowest BCUT2D eigenvalue weighted by molar-refractivity contribution is 0.627. The summed E-state index contributed by atoms with van der Waals surface area (Å²) in [5, 5.41) is 0. The second kappa shape index (κ2) is 15.9. The Hall–Kier alpha value is -0.860. The Morgan fingerprint density at radius 2 is 0.793 bits per heavy atom. The van der Waals surface area contributed by atoms with Crippen molar-refractivity contribution in [2.24, 2.45) is 0 Å². The van der Waals surface area contributed by atoms with Gasteiger partial charge in [-0.25, -0.2) is 0 Å². The average Bonchev–Trinajstić information content (AvgIpc) is 2.76. The lowest BCUT2D eigenvalue weighted by Crippen LogP contribution is -1.84. The van der Waals surface area contributed by atoms with Gasteiger partial charge < -0.3 is 0 Å². The van der Waals surface area contributed by atoms with Crippen LogP contribution in [0.4, 0.5) is 0 Å². The highest BCUT2D eigenvalue weighted by Crippen LogP contribution is 2.27. The molecule has 0 saturated heterocycles. The molecular formula is C27H40S2. The Labute approximate surface area is 188 Å². The van der Waals surface area contributed by atoms with Gasteiger partial charge in [0.05, 0.1) is 0 Å². The van der Waals surface area contributed by atoms with Crippen LogP contribution in [0.5, 0.6) is 0 Å². The van der Waals surface area contributed by atoms with E-state index in [9.17, 15) is 0 Å². The first-order valence-corrected chi connectivity index (χ1v) is 13.8. The Morgan fingerprint density at radius 1 is 0.448 bits per heavy atom. The number of hydrogen-bond acceptors (Lipinski definition) is 2. The molecule has 0 bridgehead atoms. The molecule has 0 atom stereocenters. The molecule has 29 heavy (non-hydrogen) atoms. The summed E-state index contributed by atoms with van der Waals surface area (Å²) in [6.07, 6.45) is 15.1. The molecule has 0 amide bonds. The molecule has 2 rings (SSSR count). The quantitative estimate of drug-likeness (QED) is 0.193. The van der Waals surface area contributed by atoms with E-state index in [-0.39, 0.29) is 0 Å². The van der Waals surface area contributed by atoms with Gasteiger partial charge in [0.25, 0.3) is 0 Å². The molecule has 0 aliphatic heterocycles. The topological polar surface area (TPSA) is 0 Å². The van der Waals surface area contributed by atoms with Crippen LogP contribution in [-0.4, -0.2) is 11.5 Å². The van der Waals surface area contributed by atoms with E-state index in [1.54, 1.807) is 0 Å². The van der Waals surface area contributed by atoms with Crippen LogP contribution < -0.4 is 0 Å². The van der Waals surface area contributed by atoms with Crippen molar-refractivity contribution in [2.75, 3.05) is 11.5 Å². The van der Waals surface area contributed by atoms with Crippen LogP contribution in [0.2, 0.25) is 0 Å². The van der Waals surface area contributed by atoms with E-state index >= 15 is 0 Å². The molecule has 0 fully saturated rings. The second-order valence-corrected chi connectivity index (χ2v) is 10.3. The van der Waals surface area contributed by atoms with Gasteiger partial charge in [-0.3, -0.25) is 0 Å². The SMILES string of the molecule is CCCCCCCCSc1ccc(-c2ccc(SCCCCCCC)cc2)cc1. The van der Waals surface area contributed by atoms with Crippen molar-refractivity contribution in [2.45, 2.75) is 94.3 Å². The minimum absolute atomic E-state index is 1.24. The molecule has 0 heterocycles. The van der Waals surface area contributed by atoms with Crippen molar-refractivity contribution < 1.29 is 0 Å². The Balaban J connectivity index is 1.68. The van der Waals surface area contributed by atoms with Crippen molar-refractivity contribution in [3.63, 3.8) is 0 Å². The largest absolute Gasteiger partial charge is 0.126 e. The van der Waals surface area contributed by atoms with E-state index in [0.29, 0.717) is 0 Å². The minimum atomic E-state index is 1.24. The highest BCUT2D eigenvalue weighted by Gasteiger charge is 2.01. The Bertz CT molecular complexity index is 631. The summed E-state index contributed by atoms with van der Waals surface area (Å²) in [5.41, 5.74) is 2.65. The zero-order chi connectivity index (χ0) is 20.6. The van der Waals surface area contributed by atoms with Gasteiger partial charge in [-0.05, 0) is 59.7 Å². The molecular weight excluding hydrogens is 388 g/mol. The van der Waals surface area contributed by atoms with E-state index < -0.39 is 0 Å². The molecule has 0 radical (unpaired) electrons. The number of thioether (sulfide) groups is 2. The van der Waals surface area contributed by atoms with Crippen LogP contribution in [0.15, 0.2) is 58.3 Å². The van der Waals surface area contributed by atoms with Gasteiger partial charge in [0.15, 0.2) is 0 Å². The van der Waals surface area contributed by atoms with E-state index in [4.69, 9.17) is 0 Å². The fraction of sp³-hybridized carbons (Fsp3) is 0.556. The van der Waals surface area contributed by atoms with Crippen LogP contribution in [0.25, 0.3) is 11.1 Å². The summed E-state index contributed by atoms with van der Waals surface area (Å²) in [4.78, 5) is 2.80. The lowest BCUT2D eigenvalue weighted by atomic mass is 10.1. The summed E-state index contributed by atoms with van der Waals surface area (Å²) in [6, 6.07) is 18.3. The number of unbranched alkanes of at least 4 members (excludes halogenated alkanes) is 9. The van der Waals surface area contributed by atoms with Crippen molar-refractivity contribution >= 4 is 23.5 Å². The lowest BCUT2D eigenvalue weighted by Gasteiger charge is -2.07. The molecule has 0 aromatic heterocycles. The van der Waals surface area contributed by atoms with Crippen LogP contribution in [0.3, 0.4) is 0 Å². The number of rotatable bonds is 16. The zero-order valence-electron chi connectivity index (χ0n) is 18.6. The molecule has 0 nitrogen and oxygen atoms in total. The molecule has 2 aromatic rings. The van der Waals surface area contributed by atoms with E-state index in [1.807, 2.05) is 23.5 Å². The maximum atomic E-state index is 2.29. The third kappa shape index (κ3) is 10.6. The molecule has 0 aliphatic rings. The predicted octanol–water partition coefficient (Wildman–Crippen LogP) is 9.87. The first kappa shape index (κ1) is 24.4. The summed E-state index contributed by atoms with van der Waals surface area (Å²) < 4.78 is 0. The first-order chi connectivity index (χ1) is 14.3. The summed E-state index contributed by atoms with van der Waals surface area (Å²) >= 11 is 4.00. The second-order valence-electron chi connectivity index (χ2n) is 7.93. The third-order valence-electron chi connectivity index (χ3n) is 5.33. The third-order valence-corrected chi connectivity index (χ3v) is 7.52. The average molecular weight is 429 g/mol. The number of hydrogen-bond donors (Lipinski definition) is 0. The van der Waals surface area contributed by atoms with Crippen LogP contribution in [0, 0.1) is 0 Å². The first-order valence-electron chi connectivity index (χ1n) is 11.8. The minimum Gasteiger partial charge on any atom is -0.126 e. The molecule has 0 spiro atoms. The maximum absolute atomic E-state index is 2.29. The molecule has 0 aliphatic carbocycles. The summed E-state index contributed by atoms with van der Waals surface area (Å²) in [5.74, 6) is 2.49. The van der Waals surface area contributed by atoms with Gasteiger partial charge in [-0.2, -0.15) is 0 Å². The van der Waals surface area contributed by atoms with Gasteiger partial charge in [0.2, 0.25) is 0 Å². The highest BCUT2D eigenvalue weighted by molar-refractivity contribution is 7.99. The zero-order valence-corrected chi connectivity index (χ0v) is 20.3. The van der Waals surface area contributed by atoms with Gasteiger partial charge in [-0.15, -0.1) is 23.5 Å². The Kier molecular flexibility index (Phi) is 13.4. The van der Waals surface area contributed by atoms with Gasteiger partial charge in [0, 0.05) is 9.79 Å². The van der Waals surface area contributed by atoms with Crippen molar-refractivity contribution in [1.82, 2.24) is 0 Å². The molecule has 2 heteroatoms. The number of benzene rings is 2.